The molecule has 0 spiro atoms. The van der Waals surface area contributed by atoms with E-state index in [-0.39, 0.29) is 30.0 Å². The zero-order valence-corrected chi connectivity index (χ0v) is 16.4. The van der Waals surface area contributed by atoms with Crippen LogP contribution in [0.25, 0.3) is 0 Å². The van der Waals surface area contributed by atoms with Gasteiger partial charge in [0.25, 0.3) is 0 Å². The van der Waals surface area contributed by atoms with Crippen LogP contribution in [-0.2, 0) is 6.42 Å². The second-order valence-electron chi connectivity index (χ2n) is 4.50. The zero-order valence-electron chi connectivity index (χ0n) is 12.4. The summed E-state index contributed by atoms with van der Waals surface area (Å²) in [6.07, 6.45) is 2.85. The number of halogens is 1. The lowest BCUT2D eigenvalue weighted by atomic mass is 10.3. The number of thiazole rings is 1. The molecule has 0 aliphatic rings. The van der Waals surface area contributed by atoms with Gasteiger partial charge in [0.1, 0.15) is 0 Å². The van der Waals surface area contributed by atoms with Crippen molar-refractivity contribution in [2.45, 2.75) is 26.3 Å². The summed E-state index contributed by atoms with van der Waals surface area (Å²) in [6.45, 7) is 5.06. The number of hydrogen-bond acceptors (Lipinski definition) is 4. The Morgan fingerprint density at radius 1 is 1.48 bits per heavy atom. The quantitative estimate of drug-likeness (QED) is 0.428. The van der Waals surface area contributed by atoms with Crippen LogP contribution in [0.5, 0.6) is 0 Å². The van der Waals surface area contributed by atoms with Gasteiger partial charge in [-0.3, -0.25) is 4.99 Å². The molecule has 0 saturated carbocycles. The Morgan fingerprint density at radius 2 is 2.29 bits per heavy atom. The minimum atomic E-state index is 0. The van der Waals surface area contributed by atoms with Gasteiger partial charge in [-0.1, -0.05) is 6.07 Å². The van der Waals surface area contributed by atoms with Crippen LogP contribution in [0.1, 0.15) is 27.7 Å². The highest BCUT2D eigenvalue weighted by Gasteiger charge is 2.08. The average Bonchev–Trinajstić information content (AvgIpc) is 3.09. The molecule has 2 aromatic heterocycles. The van der Waals surface area contributed by atoms with Gasteiger partial charge in [0.05, 0.1) is 11.0 Å². The fraction of sp³-hybridized carbons (Fsp3) is 0.429. The predicted molar refractivity (Wildman–Crippen MR) is 103 cm³/mol. The van der Waals surface area contributed by atoms with Crippen LogP contribution in [0.15, 0.2) is 28.7 Å². The van der Waals surface area contributed by atoms with E-state index in [0.717, 1.165) is 23.9 Å². The van der Waals surface area contributed by atoms with Gasteiger partial charge in [-0.2, -0.15) is 0 Å². The Kier molecular flexibility index (Phi) is 8.20. The smallest absolute Gasteiger partial charge is 0.191 e. The van der Waals surface area contributed by atoms with Gasteiger partial charge in [-0.15, -0.1) is 46.7 Å². The maximum Gasteiger partial charge on any atom is 0.191 e. The Labute approximate surface area is 151 Å². The molecule has 2 N–H and O–H groups in total. The maximum absolute atomic E-state index is 4.36. The van der Waals surface area contributed by atoms with E-state index >= 15 is 0 Å². The third kappa shape index (κ3) is 5.91. The topological polar surface area (TPSA) is 49.3 Å². The minimum absolute atomic E-state index is 0. The summed E-state index contributed by atoms with van der Waals surface area (Å²) < 4.78 is 0. The van der Waals surface area contributed by atoms with Crippen LogP contribution in [-0.4, -0.2) is 24.5 Å². The van der Waals surface area contributed by atoms with Gasteiger partial charge >= 0.3 is 0 Å². The highest BCUT2D eigenvalue weighted by Crippen LogP contribution is 2.17. The van der Waals surface area contributed by atoms with Crippen LogP contribution >= 0.6 is 46.7 Å². The van der Waals surface area contributed by atoms with Gasteiger partial charge in [-0.05, 0) is 25.3 Å². The summed E-state index contributed by atoms with van der Waals surface area (Å²) in [4.78, 5) is 11.2. The summed E-state index contributed by atoms with van der Waals surface area (Å²) >= 11 is 3.50. The van der Waals surface area contributed by atoms with Crippen LogP contribution in [0.3, 0.4) is 0 Å². The lowest BCUT2D eigenvalue weighted by molar-refractivity contribution is 0.695. The van der Waals surface area contributed by atoms with E-state index in [0.29, 0.717) is 0 Å². The molecule has 21 heavy (non-hydrogen) atoms. The van der Waals surface area contributed by atoms with Crippen LogP contribution < -0.4 is 10.6 Å². The van der Waals surface area contributed by atoms with Gasteiger partial charge in [0.2, 0.25) is 0 Å². The molecular formula is C14H21IN4S2. The number of aliphatic imine (C=N–C) groups is 1. The van der Waals surface area contributed by atoms with Crippen molar-refractivity contribution >= 4 is 52.6 Å². The van der Waals surface area contributed by atoms with Gasteiger partial charge in [0, 0.05) is 36.0 Å². The van der Waals surface area contributed by atoms with Crippen molar-refractivity contribution in [3.63, 3.8) is 0 Å². The maximum atomic E-state index is 4.36. The molecule has 116 valence electrons. The first-order valence-electron chi connectivity index (χ1n) is 6.61. The molecule has 1 unspecified atom stereocenters. The number of aryl methyl sites for hydroxylation is 1. The lowest BCUT2D eigenvalue weighted by Gasteiger charge is -2.16. The van der Waals surface area contributed by atoms with Crippen LogP contribution in [0.2, 0.25) is 0 Å². The Morgan fingerprint density at radius 3 is 2.86 bits per heavy atom. The normalized spacial score (nSPS) is 12.6. The Bertz CT molecular complexity index is 551. The molecule has 2 heterocycles. The largest absolute Gasteiger partial charge is 0.356 e. The first kappa shape index (κ1) is 18.4. The second-order valence-corrected chi connectivity index (χ2v) is 6.79. The van der Waals surface area contributed by atoms with Gasteiger partial charge in [-0.25, -0.2) is 4.98 Å². The van der Waals surface area contributed by atoms with Gasteiger partial charge in [0.15, 0.2) is 5.96 Å². The number of nitrogens with one attached hydrogen (secondary N) is 2. The predicted octanol–water partition coefficient (Wildman–Crippen LogP) is 3.60. The molecule has 0 aliphatic carbocycles. The van der Waals surface area contributed by atoms with Crippen molar-refractivity contribution in [3.8, 4) is 0 Å². The molecule has 0 saturated heterocycles. The molecule has 0 radical (unpaired) electrons. The molecule has 0 bridgehead atoms. The first-order chi connectivity index (χ1) is 9.69. The summed E-state index contributed by atoms with van der Waals surface area (Å²) in [7, 11) is 1.80. The zero-order chi connectivity index (χ0) is 14.4. The molecular weight excluding hydrogens is 415 g/mol. The highest BCUT2D eigenvalue weighted by atomic mass is 127. The molecule has 0 amide bonds. The molecule has 7 heteroatoms. The number of guanidine groups is 1. The fourth-order valence-corrected chi connectivity index (χ4v) is 3.33. The van der Waals surface area contributed by atoms with Crippen molar-refractivity contribution in [1.29, 1.82) is 0 Å². The number of nitrogens with zero attached hydrogens (tertiary/aromatic N) is 2. The number of aromatic nitrogens is 1. The Balaban J connectivity index is 0.00000220. The molecule has 2 rings (SSSR count). The van der Waals surface area contributed by atoms with Gasteiger partial charge < -0.3 is 10.6 Å². The van der Waals surface area contributed by atoms with Crippen molar-refractivity contribution in [3.05, 3.63) is 38.5 Å². The second kappa shape index (κ2) is 9.37. The monoisotopic (exact) mass is 436 g/mol. The summed E-state index contributed by atoms with van der Waals surface area (Å²) in [5, 5.41) is 9.98. The molecule has 0 aliphatic heterocycles. The van der Waals surface area contributed by atoms with Crippen molar-refractivity contribution in [2.75, 3.05) is 13.6 Å². The van der Waals surface area contributed by atoms with Crippen molar-refractivity contribution in [2.24, 2.45) is 4.99 Å². The van der Waals surface area contributed by atoms with E-state index < -0.39 is 0 Å². The SMILES string of the molecule is CN=C(NCCc1ncc(C)s1)NC(C)c1cccs1.I. The third-order valence-corrected chi connectivity index (χ3v) is 4.87. The molecule has 2 aromatic rings. The number of rotatable bonds is 5. The van der Waals surface area contributed by atoms with E-state index in [1.807, 2.05) is 6.20 Å². The number of hydrogen-bond donors (Lipinski definition) is 2. The van der Waals surface area contributed by atoms with E-state index in [1.54, 1.807) is 29.7 Å². The first-order valence-corrected chi connectivity index (χ1v) is 8.30. The standard InChI is InChI=1S/C14H20N4S2.HI/c1-10-9-17-13(20-10)6-7-16-14(15-3)18-11(2)12-5-4-8-19-12;/h4-5,8-9,11H,6-7H2,1-3H3,(H2,15,16,18);1H. The summed E-state index contributed by atoms with van der Waals surface area (Å²) in [5.74, 6) is 0.833. The number of thiophene rings is 1. The van der Waals surface area contributed by atoms with E-state index in [9.17, 15) is 0 Å². The molecule has 0 aromatic carbocycles. The molecule has 0 fully saturated rings. The highest BCUT2D eigenvalue weighted by molar-refractivity contribution is 14.0. The minimum Gasteiger partial charge on any atom is -0.356 e. The van der Waals surface area contributed by atoms with Crippen molar-refractivity contribution in [1.82, 2.24) is 15.6 Å². The molecule has 4 nitrogen and oxygen atoms in total. The van der Waals surface area contributed by atoms with E-state index in [4.69, 9.17) is 0 Å². The summed E-state index contributed by atoms with van der Waals surface area (Å²) in [6, 6.07) is 4.47. The third-order valence-electron chi connectivity index (χ3n) is 2.85. The summed E-state index contributed by atoms with van der Waals surface area (Å²) in [5.41, 5.74) is 0. The van der Waals surface area contributed by atoms with Crippen molar-refractivity contribution < 1.29 is 0 Å². The fourth-order valence-electron chi connectivity index (χ4n) is 1.81. The lowest BCUT2D eigenvalue weighted by Crippen LogP contribution is -2.39. The van der Waals surface area contributed by atoms with E-state index in [2.05, 4.69) is 52.0 Å². The average molecular weight is 436 g/mol. The van der Waals surface area contributed by atoms with Crippen LogP contribution in [0.4, 0.5) is 0 Å². The van der Waals surface area contributed by atoms with Crippen LogP contribution in [0, 0.1) is 6.92 Å². The van der Waals surface area contributed by atoms with E-state index in [1.165, 1.54) is 9.75 Å². The Hall–Kier alpha value is -0.670. The molecule has 1 atom stereocenters.